The molecule has 8 heteroatoms. The first kappa shape index (κ1) is 17.0. The van der Waals surface area contributed by atoms with Gasteiger partial charge in [-0.15, -0.1) is 5.10 Å². The van der Waals surface area contributed by atoms with Crippen LogP contribution in [-0.4, -0.2) is 32.2 Å². The highest BCUT2D eigenvalue weighted by atomic mass is 19.4. The van der Waals surface area contributed by atoms with Crippen molar-refractivity contribution in [3.63, 3.8) is 0 Å². The average Bonchev–Trinajstić information content (AvgIpc) is 3.09. The molecule has 5 nitrogen and oxygen atoms in total. The molecule has 0 amide bonds. The summed E-state index contributed by atoms with van der Waals surface area (Å²) in [5, 5.41) is 3.68. The first-order valence-corrected chi connectivity index (χ1v) is 8.34. The molecule has 0 saturated carbocycles. The summed E-state index contributed by atoms with van der Waals surface area (Å²) in [5.41, 5.74) is 0.646. The highest BCUT2D eigenvalue weighted by Crippen LogP contribution is 2.31. The lowest BCUT2D eigenvalue weighted by atomic mass is 10.0. The summed E-state index contributed by atoms with van der Waals surface area (Å²) < 4.78 is 40.1. The van der Waals surface area contributed by atoms with Gasteiger partial charge in [0.1, 0.15) is 5.82 Å². The van der Waals surface area contributed by atoms with E-state index in [9.17, 15) is 13.2 Å². The summed E-state index contributed by atoms with van der Waals surface area (Å²) in [6, 6.07) is 2.13. The van der Waals surface area contributed by atoms with E-state index in [0.29, 0.717) is 23.5 Å². The van der Waals surface area contributed by atoms with Crippen molar-refractivity contribution in [3.8, 4) is 0 Å². The molecule has 0 bridgehead atoms. The Labute approximate surface area is 138 Å². The summed E-state index contributed by atoms with van der Waals surface area (Å²) in [6.45, 7) is 6.95. The van der Waals surface area contributed by atoms with Gasteiger partial charge in [0.25, 0.3) is 11.6 Å². The van der Waals surface area contributed by atoms with Crippen molar-refractivity contribution in [1.82, 2.24) is 19.6 Å². The van der Waals surface area contributed by atoms with Gasteiger partial charge in [-0.25, -0.2) is 4.98 Å². The van der Waals surface area contributed by atoms with Crippen LogP contribution in [0.2, 0.25) is 0 Å². The summed E-state index contributed by atoms with van der Waals surface area (Å²) in [5.74, 6) is 0.133. The van der Waals surface area contributed by atoms with Crippen LogP contribution in [-0.2, 0) is 6.18 Å². The Morgan fingerprint density at radius 3 is 2.71 bits per heavy atom. The third-order valence-electron chi connectivity index (χ3n) is 4.42. The average molecular weight is 341 g/mol. The summed E-state index contributed by atoms with van der Waals surface area (Å²) in [7, 11) is 0. The molecule has 132 valence electrons. The van der Waals surface area contributed by atoms with Crippen LogP contribution in [0, 0.1) is 12.8 Å². The zero-order valence-corrected chi connectivity index (χ0v) is 14.1. The van der Waals surface area contributed by atoms with Crippen LogP contribution in [0.3, 0.4) is 0 Å². The van der Waals surface area contributed by atoms with E-state index < -0.39 is 12.0 Å². The molecule has 1 atom stereocenters. The summed E-state index contributed by atoms with van der Waals surface area (Å²) in [4.78, 5) is 9.83. The van der Waals surface area contributed by atoms with Gasteiger partial charge < -0.3 is 4.90 Å². The molecule has 1 saturated heterocycles. The van der Waals surface area contributed by atoms with Crippen molar-refractivity contribution >= 4 is 11.6 Å². The molecular weight excluding hydrogens is 319 g/mol. The molecule has 0 spiro atoms. The number of hydrogen-bond donors (Lipinski definition) is 0. The minimum absolute atomic E-state index is 0.00633. The molecule has 1 unspecified atom stereocenters. The van der Waals surface area contributed by atoms with E-state index >= 15 is 0 Å². The fourth-order valence-electron chi connectivity index (χ4n) is 3.26. The fraction of sp³-hybridized carbons (Fsp3) is 0.688. The molecular formula is C16H22F3N5. The van der Waals surface area contributed by atoms with Gasteiger partial charge in [0.15, 0.2) is 0 Å². The molecule has 1 fully saturated rings. The zero-order valence-electron chi connectivity index (χ0n) is 14.1. The van der Waals surface area contributed by atoms with Crippen LogP contribution in [0.1, 0.15) is 51.0 Å². The number of nitrogens with zero attached hydrogens (tertiary/aromatic N) is 5. The van der Waals surface area contributed by atoms with Gasteiger partial charge in [-0.3, -0.25) is 0 Å². The van der Waals surface area contributed by atoms with Gasteiger partial charge >= 0.3 is 6.18 Å². The second kappa shape index (κ2) is 6.22. The number of alkyl halides is 3. The minimum Gasteiger partial charge on any atom is -0.353 e. The second-order valence-electron chi connectivity index (χ2n) is 6.86. The molecule has 24 heavy (non-hydrogen) atoms. The van der Waals surface area contributed by atoms with E-state index in [1.165, 1.54) is 4.52 Å². The maximum absolute atomic E-state index is 12.9. The normalized spacial score (nSPS) is 19.0. The van der Waals surface area contributed by atoms with Gasteiger partial charge in [0, 0.05) is 24.3 Å². The summed E-state index contributed by atoms with van der Waals surface area (Å²) >= 11 is 0. The summed E-state index contributed by atoms with van der Waals surface area (Å²) in [6.07, 6.45) is -0.356. The van der Waals surface area contributed by atoms with E-state index in [1.807, 2.05) is 0 Å². The third-order valence-corrected chi connectivity index (χ3v) is 4.42. The Morgan fingerprint density at radius 1 is 1.29 bits per heavy atom. The Morgan fingerprint density at radius 2 is 2.04 bits per heavy atom. The topological polar surface area (TPSA) is 46.3 Å². The Balaban J connectivity index is 2.00. The molecule has 1 aliphatic heterocycles. The van der Waals surface area contributed by atoms with Crippen molar-refractivity contribution in [1.29, 1.82) is 0 Å². The molecule has 3 rings (SSSR count). The lowest BCUT2D eigenvalue weighted by molar-refractivity contribution is -0.144. The quantitative estimate of drug-likeness (QED) is 0.847. The number of aryl methyl sites for hydroxylation is 1. The van der Waals surface area contributed by atoms with E-state index in [-0.39, 0.29) is 5.78 Å². The Hall–Kier alpha value is -1.86. The van der Waals surface area contributed by atoms with E-state index in [2.05, 4.69) is 33.8 Å². The second-order valence-corrected chi connectivity index (χ2v) is 6.86. The van der Waals surface area contributed by atoms with Crippen molar-refractivity contribution in [3.05, 3.63) is 17.6 Å². The molecule has 3 heterocycles. The van der Waals surface area contributed by atoms with Gasteiger partial charge in [-0.2, -0.15) is 22.7 Å². The first-order valence-electron chi connectivity index (χ1n) is 8.34. The van der Waals surface area contributed by atoms with Gasteiger partial charge in [-0.05, 0) is 38.5 Å². The number of anilines is 1. The van der Waals surface area contributed by atoms with Gasteiger partial charge in [0.2, 0.25) is 0 Å². The fourth-order valence-corrected chi connectivity index (χ4v) is 3.26. The number of halogens is 3. The van der Waals surface area contributed by atoms with Crippen LogP contribution < -0.4 is 4.90 Å². The van der Waals surface area contributed by atoms with Crippen molar-refractivity contribution in [2.24, 2.45) is 5.92 Å². The molecule has 0 aromatic carbocycles. The molecule has 0 radical (unpaired) electrons. The predicted octanol–water partition coefficient (Wildman–Crippen LogP) is 3.86. The Bertz CT molecular complexity index is 722. The van der Waals surface area contributed by atoms with Crippen LogP contribution in [0.4, 0.5) is 19.0 Å². The lowest BCUT2D eigenvalue weighted by Crippen LogP contribution is -2.31. The smallest absolute Gasteiger partial charge is 0.353 e. The molecule has 2 aromatic heterocycles. The highest BCUT2D eigenvalue weighted by molar-refractivity contribution is 5.49. The molecule has 0 aliphatic carbocycles. The maximum Gasteiger partial charge on any atom is 0.453 e. The zero-order chi connectivity index (χ0) is 17.5. The van der Waals surface area contributed by atoms with E-state index in [1.54, 1.807) is 13.0 Å². The molecule has 1 aliphatic rings. The van der Waals surface area contributed by atoms with Gasteiger partial charge in [0.05, 0.1) is 0 Å². The molecule has 0 N–H and O–H groups in total. The highest BCUT2D eigenvalue weighted by Gasteiger charge is 2.37. The third kappa shape index (κ3) is 3.32. The number of rotatable bonds is 4. The minimum atomic E-state index is -4.57. The molecule has 2 aromatic rings. The van der Waals surface area contributed by atoms with Crippen molar-refractivity contribution in [2.75, 3.05) is 11.4 Å². The first-order chi connectivity index (χ1) is 11.3. The maximum atomic E-state index is 12.9. The number of aromatic nitrogens is 4. The van der Waals surface area contributed by atoms with E-state index in [0.717, 1.165) is 32.2 Å². The number of hydrogen-bond acceptors (Lipinski definition) is 4. The van der Waals surface area contributed by atoms with Crippen LogP contribution in [0.5, 0.6) is 0 Å². The lowest BCUT2D eigenvalue weighted by Gasteiger charge is -2.27. The monoisotopic (exact) mass is 341 g/mol. The van der Waals surface area contributed by atoms with Crippen LogP contribution in [0.15, 0.2) is 6.07 Å². The van der Waals surface area contributed by atoms with Gasteiger partial charge in [-0.1, -0.05) is 13.8 Å². The van der Waals surface area contributed by atoms with Crippen molar-refractivity contribution < 1.29 is 13.2 Å². The van der Waals surface area contributed by atoms with Crippen molar-refractivity contribution in [2.45, 2.75) is 58.7 Å². The predicted molar refractivity (Wildman–Crippen MR) is 85.0 cm³/mol. The SMILES string of the molecule is Cc1cc(N2CCCC2CCC(C)C)n2nc(C(F)(F)F)nc2n1. The largest absolute Gasteiger partial charge is 0.453 e. The standard InChI is InChI=1S/C16H22F3N5/c1-10(2)6-7-12-5-4-8-23(12)13-9-11(3)20-15-21-14(16(17,18)19)22-24(13)15/h9-10,12H,4-8H2,1-3H3. The Kier molecular flexibility index (Phi) is 4.40. The van der Waals surface area contributed by atoms with Crippen LogP contribution in [0.25, 0.3) is 5.78 Å². The van der Waals surface area contributed by atoms with E-state index in [4.69, 9.17) is 0 Å². The van der Waals surface area contributed by atoms with Crippen LogP contribution >= 0.6 is 0 Å². The number of fused-ring (bicyclic) bond motifs is 1.